The summed E-state index contributed by atoms with van der Waals surface area (Å²) < 4.78 is 7.55. The van der Waals surface area contributed by atoms with Crippen molar-refractivity contribution >= 4 is 31.6 Å². The van der Waals surface area contributed by atoms with Crippen molar-refractivity contribution in [3.63, 3.8) is 0 Å². The standard InChI is InChI=1S/C21H18N2O3S/c1-26-13-7-12-23-19(14-8-3-2-4-9-14)22-20-17(21(23)25)18(24)15-10-5-6-11-16(15)27-20/h2-6,8-11H,7,12-13H2,1H3. The predicted octanol–water partition coefficient (Wildman–Crippen LogP) is 3.67. The second-order valence-electron chi connectivity index (χ2n) is 6.21. The molecule has 4 rings (SSSR count). The third-order valence-corrected chi connectivity index (χ3v) is 5.53. The largest absolute Gasteiger partial charge is 0.385 e. The zero-order chi connectivity index (χ0) is 18.8. The van der Waals surface area contributed by atoms with Crippen molar-refractivity contribution < 1.29 is 4.74 Å². The number of nitrogens with zero attached hydrogens (tertiary/aromatic N) is 2. The molecule has 0 aliphatic rings. The summed E-state index contributed by atoms with van der Waals surface area (Å²) in [5.74, 6) is 0.579. The maximum Gasteiger partial charge on any atom is 0.266 e. The Bertz CT molecular complexity index is 1230. The molecule has 136 valence electrons. The van der Waals surface area contributed by atoms with Gasteiger partial charge < -0.3 is 4.74 Å². The first-order valence-electron chi connectivity index (χ1n) is 8.71. The zero-order valence-corrected chi connectivity index (χ0v) is 15.7. The monoisotopic (exact) mass is 378 g/mol. The van der Waals surface area contributed by atoms with E-state index in [4.69, 9.17) is 9.72 Å². The molecule has 0 aliphatic heterocycles. The van der Waals surface area contributed by atoms with Gasteiger partial charge >= 0.3 is 0 Å². The van der Waals surface area contributed by atoms with E-state index in [9.17, 15) is 9.59 Å². The van der Waals surface area contributed by atoms with Crippen molar-refractivity contribution in [2.45, 2.75) is 13.0 Å². The van der Waals surface area contributed by atoms with Crippen LogP contribution in [0.5, 0.6) is 0 Å². The molecule has 0 fully saturated rings. The Morgan fingerprint density at radius 1 is 1.04 bits per heavy atom. The Labute approximate surface area is 159 Å². The fourth-order valence-corrected chi connectivity index (χ4v) is 4.21. The highest BCUT2D eigenvalue weighted by molar-refractivity contribution is 7.24. The van der Waals surface area contributed by atoms with Crippen LogP contribution < -0.4 is 11.0 Å². The second kappa shape index (κ2) is 7.42. The lowest BCUT2D eigenvalue weighted by molar-refractivity contribution is 0.190. The highest BCUT2D eigenvalue weighted by Crippen LogP contribution is 2.24. The SMILES string of the molecule is COCCCn1c(-c2ccccc2)nc2sc3ccccc3c(=O)c2c1=O. The summed E-state index contributed by atoms with van der Waals surface area (Å²) in [6.45, 7) is 0.972. The van der Waals surface area contributed by atoms with E-state index in [1.807, 2.05) is 48.5 Å². The van der Waals surface area contributed by atoms with Crippen LogP contribution in [-0.4, -0.2) is 23.3 Å². The Balaban J connectivity index is 2.06. The van der Waals surface area contributed by atoms with Crippen molar-refractivity contribution in [3.05, 3.63) is 75.2 Å². The third-order valence-electron chi connectivity index (χ3n) is 4.46. The molecule has 0 spiro atoms. The minimum Gasteiger partial charge on any atom is -0.385 e. The molecule has 0 aliphatic carbocycles. The number of benzene rings is 2. The van der Waals surface area contributed by atoms with Crippen LogP contribution in [0.25, 0.3) is 31.7 Å². The molecule has 2 heterocycles. The summed E-state index contributed by atoms with van der Waals surface area (Å²) in [6.07, 6.45) is 0.661. The van der Waals surface area contributed by atoms with Gasteiger partial charge in [-0.25, -0.2) is 4.98 Å². The summed E-state index contributed by atoms with van der Waals surface area (Å²) in [5, 5.41) is 0.723. The fourth-order valence-electron chi connectivity index (χ4n) is 3.17. The van der Waals surface area contributed by atoms with Crippen molar-refractivity contribution in [3.8, 4) is 11.4 Å². The van der Waals surface area contributed by atoms with Crippen LogP contribution in [0, 0.1) is 0 Å². The summed E-state index contributed by atoms with van der Waals surface area (Å²) in [4.78, 5) is 31.5. The van der Waals surface area contributed by atoms with Crippen LogP contribution in [0.3, 0.4) is 0 Å². The van der Waals surface area contributed by atoms with E-state index in [-0.39, 0.29) is 16.4 Å². The van der Waals surface area contributed by atoms with Gasteiger partial charge in [0, 0.05) is 35.9 Å². The normalized spacial score (nSPS) is 11.3. The summed E-state index contributed by atoms with van der Waals surface area (Å²) in [5.41, 5.74) is 0.306. The number of aromatic nitrogens is 2. The van der Waals surface area contributed by atoms with Crippen LogP contribution in [0.1, 0.15) is 6.42 Å². The quantitative estimate of drug-likeness (QED) is 0.393. The van der Waals surface area contributed by atoms with E-state index in [0.29, 0.717) is 35.6 Å². The summed E-state index contributed by atoms with van der Waals surface area (Å²) in [6, 6.07) is 16.9. The molecule has 2 aromatic heterocycles. The third kappa shape index (κ3) is 3.18. The van der Waals surface area contributed by atoms with E-state index in [1.54, 1.807) is 17.7 Å². The first kappa shape index (κ1) is 17.6. The first-order chi connectivity index (χ1) is 13.2. The molecule has 0 radical (unpaired) electrons. The Morgan fingerprint density at radius 3 is 2.56 bits per heavy atom. The Hall–Kier alpha value is -2.83. The van der Waals surface area contributed by atoms with Gasteiger partial charge in [0.15, 0.2) is 0 Å². The van der Waals surface area contributed by atoms with Crippen LogP contribution >= 0.6 is 11.3 Å². The molecular formula is C21H18N2O3S. The molecule has 0 saturated carbocycles. The van der Waals surface area contributed by atoms with Crippen LogP contribution in [0.15, 0.2) is 64.2 Å². The molecular weight excluding hydrogens is 360 g/mol. The molecule has 6 heteroatoms. The highest BCUT2D eigenvalue weighted by atomic mass is 32.1. The number of hydrogen-bond acceptors (Lipinski definition) is 5. The van der Waals surface area contributed by atoms with Crippen molar-refractivity contribution in [1.29, 1.82) is 0 Å². The molecule has 0 atom stereocenters. The Morgan fingerprint density at radius 2 is 1.78 bits per heavy atom. The average Bonchev–Trinajstić information content (AvgIpc) is 2.70. The predicted molar refractivity (Wildman–Crippen MR) is 110 cm³/mol. The van der Waals surface area contributed by atoms with Gasteiger partial charge in [0.05, 0.1) is 0 Å². The number of hydrogen-bond donors (Lipinski definition) is 0. The molecule has 5 nitrogen and oxygen atoms in total. The first-order valence-corrected chi connectivity index (χ1v) is 9.53. The van der Waals surface area contributed by atoms with Crippen LogP contribution in [0.4, 0.5) is 0 Å². The minimum absolute atomic E-state index is 0.163. The van der Waals surface area contributed by atoms with Gasteiger partial charge in [-0.05, 0) is 18.6 Å². The van der Waals surface area contributed by atoms with Gasteiger partial charge in [-0.15, -0.1) is 11.3 Å². The van der Waals surface area contributed by atoms with Crippen LogP contribution in [0.2, 0.25) is 0 Å². The molecule has 0 N–H and O–H groups in total. The van der Waals surface area contributed by atoms with Gasteiger partial charge in [0.2, 0.25) is 5.43 Å². The topological polar surface area (TPSA) is 61.2 Å². The summed E-state index contributed by atoms with van der Waals surface area (Å²) >= 11 is 1.38. The number of methoxy groups -OCH3 is 1. The van der Waals surface area contributed by atoms with E-state index in [1.165, 1.54) is 11.3 Å². The van der Waals surface area contributed by atoms with Crippen LogP contribution in [-0.2, 0) is 11.3 Å². The van der Waals surface area contributed by atoms with Crippen molar-refractivity contribution in [2.75, 3.05) is 13.7 Å². The van der Waals surface area contributed by atoms with Crippen molar-refractivity contribution in [2.24, 2.45) is 0 Å². The maximum atomic E-state index is 13.3. The number of ether oxygens (including phenoxy) is 1. The van der Waals surface area contributed by atoms with Gasteiger partial charge in [-0.3, -0.25) is 14.2 Å². The van der Waals surface area contributed by atoms with E-state index < -0.39 is 0 Å². The van der Waals surface area contributed by atoms with Gasteiger partial charge in [-0.2, -0.15) is 0 Å². The fraction of sp³-hybridized carbons (Fsp3) is 0.190. The molecule has 0 bridgehead atoms. The van der Waals surface area contributed by atoms with E-state index in [0.717, 1.165) is 10.3 Å². The van der Waals surface area contributed by atoms with Gasteiger partial charge in [0.25, 0.3) is 5.56 Å². The van der Waals surface area contributed by atoms with E-state index >= 15 is 0 Å². The minimum atomic E-state index is -0.290. The molecule has 4 aromatic rings. The smallest absolute Gasteiger partial charge is 0.266 e. The number of rotatable bonds is 5. The molecule has 27 heavy (non-hydrogen) atoms. The lowest BCUT2D eigenvalue weighted by Gasteiger charge is -2.13. The molecule has 0 saturated heterocycles. The lowest BCUT2D eigenvalue weighted by Crippen LogP contribution is -2.27. The average molecular weight is 378 g/mol. The summed E-state index contributed by atoms with van der Waals surface area (Å²) in [7, 11) is 1.63. The van der Waals surface area contributed by atoms with Gasteiger partial charge in [-0.1, -0.05) is 42.5 Å². The van der Waals surface area contributed by atoms with E-state index in [2.05, 4.69) is 0 Å². The molecule has 0 amide bonds. The van der Waals surface area contributed by atoms with Crippen molar-refractivity contribution in [1.82, 2.24) is 9.55 Å². The zero-order valence-electron chi connectivity index (χ0n) is 14.8. The molecule has 2 aromatic carbocycles. The lowest BCUT2D eigenvalue weighted by atomic mass is 10.2. The maximum absolute atomic E-state index is 13.3. The second-order valence-corrected chi connectivity index (χ2v) is 7.24. The van der Waals surface area contributed by atoms with Gasteiger partial charge in [0.1, 0.15) is 16.0 Å². The highest BCUT2D eigenvalue weighted by Gasteiger charge is 2.17. The Kier molecular flexibility index (Phi) is 4.83. The number of fused-ring (bicyclic) bond motifs is 2. The molecule has 0 unspecified atom stereocenters.